The predicted octanol–water partition coefficient (Wildman–Crippen LogP) is 6.21. The van der Waals surface area contributed by atoms with Gasteiger partial charge in [-0.3, -0.25) is 15.0 Å². The van der Waals surface area contributed by atoms with Crippen molar-refractivity contribution in [1.82, 2.24) is 35.0 Å². The van der Waals surface area contributed by atoms with Crippen LogP contribution in [-0.4, -0.2) is 54.0 Å². The van der Waals surface area contributed by atoms with Crippen molar-refractivity contribution < 1.29 is 13.2 Å². The molecule has 5 aromatic heterocycles. The van der Waals surface area contributed by atoms with E-state index in [0.717, 1.165) is 27.6 Å². The van der Waals surface area contributed by atoms with Crippen LogP contribution in [0, 0.1) is 5.82 Å². The SMILES string of the molecule is Fc1ccccc1-c1ccnc2[nH]c(-c3n[nH]c4ccc(-c5cncc(CN6CCC(F)(F)C6)c5)nc34)cc12. The van der Waals surface area contributed by atoms with Gasteiger partial charge in [0, 0.05) is 54.6 Å². The number of aromatic nitrogens is 6. The Labute approximate surface area is 220 Å². The molecule has 1 saturated heterocycles. The van der Waals surface area contributed by atoms with Crippen molar-refractivity contribution in [3.05, 3.63) is 84.6 Å². The number of likely N-dealkylation sites (tertiary alicyclic amines) is 1. The molecular formula is C29H22F3N7. The number of benzene rings is 1. The second-order valence-electron chi connectivity index (χ2n) is 9.85. The third kappa shape index (κ3) is 4.32. The van der Waals surface area contributed by atoms with Crippen LogP contribution >= 0.6 is 0 Å². The Bertz CT molecular complexity index is 1840. The molecule has 0 unspecified atom stereocenters. The van der Waals surface area contributed by atoms with Crippen LogP contribution < -0.4 is 0 Å². The van der Waals surface area contributed by atoms with E-state index >= 15 is 0 Å². The molecule has 0 atom stereocenters. The number of H-pyrrole nitrogens is 2. The predicted molar refractivity (Wildman–Crippen MR) is 142 cm³/mol. The lowest BCUT2D eigenvalue weighted by atomic mass is 10.0. The molecule has 0 saturated carbocycles. The maximum absolute atomic E-state index is 14.6. The number of fused-ring (bicyclic) bond motifs is 2. The second kappa shape index (κ2) is 9.02. The van der Waals surface area contributed by atoms with Gasteiger partial charge in [-0.25, -0.2) is 23.1 Å². The molecule has 1 aliphatic rings. The van der Waals surface area contributed by atoms with Crippen molar-refractivity contribution in [3.63, 3.8) is 0 Å². The highest BCUT2D eigenvalue weighted by atomic mass is 19.3. The fourth-order valence-corrected chi connectivity index (χ4v) is 5.23. The van der Waals surface area contributed by atoms with E-state index < -0.39 is 5.92 Å². The fraction of sp³-hybridized carbons (Fsp3) is 0.172. The maximum Gasteiger partial charge on any atom is 0.261 e. The zero-order valence-corrected chi connectivity index (χ0v) is 20.6. The molecule has 0 bridgehead atoms. The number of nitrogens with zero attached hydrogens (tertiary/aromatic N) is 5. The molecule has 1 fully saturated rings. The minimum absolute atomic E-state index is 0.118. The molecule has 10 heteroatoms. The minimum Gasteiger partial charge on any atom is -0.338 e. The van der Waals surface area contributed by atoms with Gasteiger partial charge in [-0.05, 0) is 47.5 Å². The summed E-state index contributed by atoms with van der Waals surface area (Å²) in [6.07, 6.45) is 4.94. The van der Waals surface area contributed by atoms with E-state index in [1.54, 1.807) is 47.8 Å². The summed E-state index contributed by atoms with van der Waals surface area (Å²) in [5.41, 5.74) is 6.85. The van der Waals surface area contributed by atoms with Crippen LogP contribution in [0.25, 0.3) is 55.8 Å². The number of rotatable bonds is 5. The Morgan fingerprint density at radius 2 is 1.90 bits per heavy atom. The van der Waals surface area contributed by atoms with E-state index in [0.29, 0.717) is 46.9 Å². The quantitative estimate of drug-likeness (QED) is 0.280. The standard InChI is InChI=1S/C29H22F3N7/c30-22-4-2-1-3-20(22)19-7-9-34-28-21(19)12-25(36-28)27-26-24(37-38-27)6-5-23(35-26)18-11-17(13-33-14-18)15-39-10-8-29(31,32)16-39/h1-7,9,11-14H,8,10,15-16H2,(H,34,36)(H,37,38). The van der Waals surface area contributed by atoms with Crippen LogP contribution in [0.2, 0.25) is 0 Å². The largest absolute Gasteiger partial charge is 0.338 e. The first-order chi connectivity index (χ1) is 18.9. The maximum atomic E-state index is 14.6. The van der Waals surface area contributed by atoms with Crippen LogP contribution in [0.1, 0.15) is 12.0 Å². The zero-order valence-electron chi connectivity index (χ0n) is 20.6. The van der Waals surface area contributed by atoms with E-state index in [2.05, 4.69) is 25.1 Å². The molecule has 1 aromatic carbocycles. The third-order valence-corrected chi connectivity index (χ3v) is 7.10. The van der Waals surface area contributed by atoms with E-state index in [1.165, 1.54) is 6.07 Å². The van der Waals surface area contributed by atoms with Crippen molar-refractivity contribution in [2.75, 3.05) is 13.1 Å². The van der Waals surface area contributed by atoms with Crippen LogP contribution in [0.15, 0.2) is 73.2 Å². The minimum atomic E-state index is -2.64. The normalized spacial score (nSPS) is 15.5. The summed E-state index contributed by atoms with van der Waals surface area (Å²) in [6, 6.07) is 16.0. The molecular weight excluding hydrogens is 503 g/mol. The molecule has 1 aliphatic heterocycles. The summed E-state index contributed by atoms with van der Waals surface area (Å²) < 4.78 is 41.8. The number of hydrogen-bond donors (Lipinski definition) is 2. The number of pyridine rings is 3. The molecule has 0 radical (unpaired) electrons. The Morgan fingerprint density at radius 3 is 2.74 bits per heavy atom. The third-order valence-electron chi connectivity index (χ3n) is 7.10. The van der Waals surface area contributed by atoms with Crippen molar-refractivity contribution in [2.45, 2.75) is 18.9 Å². The highest BCUT2D eigenvalue weighted by Gasteiger charge is 2.37. The summed E-state index contributed by atoms with van der Waals surface area (Å²) in [6.45, 7) is 0.525. The van der Waals surface area contributed by atoms with E-state index in [4.69, 9.17) is 4.98 Å². The van der Waals surface area contributed by atoms with Gasteiger partial charge in [0.2, 0.25) is 0 Å². The molecule has 6 heterocycles. The monoisotopic (exact) mass is 525 g/mol. The zero-order chi connectivity index (χ0) is 26.6. The Balaban J connectivity index is 1.25. The number of nitrogens with one attached hydrogen (secondary N) is 2. The lowest BCUT2D eigenvalue weighted by Gasteiger charge is -2.15. The van der Waals surface area contributed by atoms with E-state index in [1.807, 2.05) is 24.3 Å². The molecule has 0 aliphatic carbocycles. The summed E-state index contributed by atoms with van der Waals surface area (Å²) >= 11 is 0. The van der Waals surface area contributed by atoms with Crippen LogP contribution in [0.3, 0.4) is 0 Å². The number of aromatic amines is 2. The van der Waals surface area contributed by atoms with Gasteiger partial charge in [0.15, 0.2) is 0 Å². The average molecular weight is 526 g/mol. The van der Waals surface area contributed by atoms with Gasteiger partial charge in [-0.15, -0.1) is 0 Å². The lowest BCUT2D eigenvalue weighted by Crippen LogP contribution is -2.24. The van der Waals surface area contributed by atoms with Gasteiger partial charge in [0.25, 0.3) is 5.92 Å². The fourth-order valence-electron chi connectivity index (χ4n) is 5.23. The molecule has 194 valence electrons. The van der Waals surface area contributed by atoms with Crippen LogP contribution in [0.5, 0.6) is 0 Å². The molecule has 2 N–H and O–H groups in total. The van der Waals surface area contributed by atoms with Gasteiger partial charge in [-0.1, -0.05) is 18.2 Å². The van der Waals surface area contributed by atoms with Gasteiger partial charge < -0.3 is 4.98 Å². The molecule has 7 nitrogen and oxygen atoms in total. The summed E-state index contributed by atoms with van der Waals surface area (Å²) in [5, 5.41) is 8.30. The molecule has 0 amide bonds. The molecule has 39 heavy (non-hydrogen) atoms. The van der Waals surface area contributed by atoms with Gasteiger partial charge in [0.1, 0.15) is 22.7 Å². The van der Waals surface area contributed by atoms with Crippen molar-refractivity contribution in [2.24, 2.45) is 0 Å². The van der Waals surface area contributed by atoms with Crippen LogP contribution in [0.4, 0.5) is 13.2 Å². The first-order valence-electron chi connectivity index (χ1n) is 12.6. The highest BCUT2D eigenvalue weighted by molar-refractivity contribution is 5.99. The summed E-state index contributed by atoms with van der Waals surface area (Å²) in [5.74, 6) is -2.94. The van der Waals surface area contributed by atoms with E-state index in [9.17, 15) is 13.2 Å². The van der Waals surface area contributed by atoms with Crippen molar-refractivity contribution in [1.29, 1.82) is 0 Å². The molecule has 6 aromatic rings. The number of halogens is 3. The van der Waals surface area contributed by atoms with Gasteiger partial charge in [0.05, 0.1) is 23.4 Å². The first kappa shape index (κ1) is 23.5. The second-order valence-corrected chi connectivity index (χ2v) is 9.85. The first-order valence-corrected chi connectivity index (χ1v) is 12.6. The van der Waals surface area contributed by atoms with Gasteiger partial charge >= 0.3 is 0 Å². The number of alkyl halides is 2. The average Bonchev–Trinajstić information content (AvgIpc) is 3.64. The Hall–Kier alpha value is -4.57. The van der Waals surface area contributed by atoms with Crippen molar-refractivity contribution in [3.8, 4) is 33.8 Å². The number of hydrogen-bond acceptors (Lipinski definition) is 5. The summed E-state index contributed by atoms with van der Waals surface area (Å²) in [7, 11) is 0. The molecule has 0 spiro atoms. The smallest absolute Gasteiger partial charge is 0.261 e. The van der Waals surface area contributed by atoms with Crippen molar-refractivity contribution >= 4 is 22.1 Å². The Morgan fingerprint density at radius 1 is 1.00 bits per heavy atom. The van der Waals surface area contributed by atoms with Crippen LogP contribution in [-0.2, 0) is 6.54 Å². The topological polar surface area (TPSA) is 86.4 Å². The Kier molecular flexibility index (Phi) is 5.44. The van der Waals surface area contributed by atoms with E-state index in [-0.39, 0.29) is 18.8 Å². The van der Waals surface area contributed by atoms with Gasteiger partial charge in [-0.2, -0.15) is 5.10 Å². The summed E-state index contributed by atoms with van der Waals surface area (Å²) in [4.78, 5) is 18.7. The molecule has 7 rings (SSSR count). The highest BCUT2D eigenvalue weighted by Crippen LogP contribution is 2.34. The lowest BCUT2D eigenvalue weighted by molar-refractivity contribution is 0.0115.